The van der Waals surface area contributed by atoms with E-state index in [1.165, 1.54) is 16.4 Å². The lowest BCUT2D eigenvalue weighted by atomic mass is 10.0. The Labute approximate surface area is 186 Å². The van der Waals surface area contributed by atoms with E-state index >= 15 is 0 Å². The maximum absolute atomic E-state index is 13.0. The number of halogens is 2. The Morgan fingerprint density at radius 2 is 1.70 bits per heavy atom. The molecule has 0 atom stereocenters. The largest absolute Gasteiger partial charge is 0.428 e. The number of piperidine rings is 1. The van der Waals surface area contributed by atoms with Crippen LogP contribution in [0, 0.1) is 0 Å². The summed E-state index contributed by atoms with van der Waals surface area (Å²) in [5.41, 5.74) is 6.67. The number of sulfonamides is 1. The van der Waals surface area contributed by atoms with Gasteiger partial charge in [0.15, 0.2) is 5.72 Å². The molecule has 0 aromatic heterocycles. The van der Waals surface area contributed by atoms with E-state index in [1.807, 2.05) is 19.1 Å². The zero-order chi connectivity index (χ0) is 21.9. The molecule has 0 radical (unpaired) electrons. The summed E-state index contributed by atoms with van der Waals surface area (Å²) in [4.78, 5) is 12.1. The zero-order valence-electron chi connectivity index (χ0n) is 16.4. The second kappa shape index (κ2) is 9.11. The van der Waals surface area contributed by atoms with Gasteiger partial charge in [0, 0.05) is 31.6 Å². The Kier molecular flexibility index (Phi) is 6.94. The molecule has 1 heterocycles. The Balaban J connectivity index is 1.62. The number of hydrogen-bond acceptors (Lipinski definition) is 5. The van der Waals surface area contributed by atoms with Crippen molar-refractivity contribution < 1.29 is 17.9 Å². The predicted molar refractivity (Wildman–Crippen MR) is 117 cm³/mol. The molecule has 0 unspecified atom stereocenters. The molecule has 0 bridgehead atoms. The number of nitrogens with zero attached hydrogens (tertiary/aromatic N) is 1. The van der Waals surface area contributed by atoms with E-state index in [9.17, 15) is 13.2 Å². The van der Waals surface area contributed by atoms with Gasteiger partial charge in [-0.1, -0.05) is 48.3 Å². The van der Waals surface area contributed by atoms with Gasteiger partial charge in [-0.3, -0.25) is 11.1 Å². The summed E-state index contributed by atoms with van der Waals surface area (Å²) in [6, 6.07) is 11.9. The van der Waals surface area contributed by atoms with Crippen LogP contribution in [0.2, 0.25) is 10.0 Å². The van der Waals surface area contributed by atoms with Crippen LogP contribution in [0.4, 0.5) is 10.5 Å². The summed E-state index contributed by atoms with van der Waals surface area (Å²) in [5, 5.41) is 2.75. The molecule has 30 heavy (non-hydrogen) atoms. The van der Waals surface area contributed by atoms with Gasteiger partial charge in [0.05, 0.1) is 10.0 Å². The third-order valence-electron chi connectivity index (χ3n) is 4.99. The summed E-state index contributed by atoms with van der Waals surface area (Å²) in [6.07, 6.45) is 0.481. The summed E-state index contributed by atoms with van der Waals surface area (Å²) in [5.74, 6) is 0. The fourth-order valence-corrected chi connectivity index (χ4v) is 5.75. The standard InChI is InChI=1S/C20H23Cl2N3O4S/c1-2-14-6-8-15(9-7-14)24-19(26)29-20(23)10-12-25(13-11-20)30(27,28)18-16(21)4-3-5-17(18)22/h3-9H,2,10-13,23H2,1H3,(H,24,26). The number of nitrogens with two attached hydrogens (primary N) is 1. The molecule has 1 aliphatic heterocycles. The van der Waals surface area contributed by atoms with E-state index in [0.717, 1.165) is 12.0 Å². The van der Waals surface area contributed by atoms with Crippen LogP contribution in [0.1, 0.15) is 25.3 Å². The fraction of sp³-hybridized carbons (Fsp3) is 0.350. The lowest BCUT2D eigenvalue weighted by molar-refractivity contribution is -0.0116. The first-order valence-corrected chi connectivity index (χ1v) is 11.7. The maximum Gasteiger partial charge on any atom is 0.413 e. The number of carbonyl (C=O) groups excluding carboxylic acids is 1. The number of rotatable bonds is 5. The van der Waals surface area contributed by atoms with Crippen LogP contribution in [0.25, 0.3) is 0 Å². The highest BCUT2D eigenvalue weighted by Crippen LogP contribution is 2.34. The molecule has 3 N–H and O–H groups in total. The summed E-state index contributed by atoms with van der Waals surface area (Å²) in [7, 11) is -3.90. The molecule has 7 nitrogen and oxygen atoms in total. The second-order valence-electron chi connectivity index (χ2n) is 7.08. The van der Waals surface area contributed by atoms with Crippen molar-refractivity contribution in [1.29, 1.82) is 0 Å². The molecule has 0 aliphatic carbocycles. The summed E-state index contributed by atoms with van der Waals surface area (Å²) in [6.45, 7) is 2.18. The fourth-order valence-electron chi connectivity index (χ4n) is 3.22. The van der Waals surface area contributed by atoms with Crippen LogP contribution < -0.4 is 11.1 Å². The Bertz CT molecular complexity index is 1000. The third kappa shape index (κ3) is 5.07. The minimum absolute atomic E-state index is 0.0526. The monoisotopic (exact) mass is 471 g/mol. The van der Waals surface area contributed by atoms with Gasteiger partial charge < -0.3 is 4.74 Å². The number of carbonyl (C=O) groups is 1. The molecule has 10 heteroatoms. The first-order valence-electron chi connectivity index (χ1n) is 9.46. The van der Waals surface area contributed by atoms with Gasteiger partial charge in [-0.25, -0.2) is 13.2 Å². The number of amides is 1. The van der Waals surface area contributed by atoms with Gasteiger partial charge in [0.2, 0.25) is 10.0 Å². The highest BCUT2D eigenvalue weighted by atomic mass is 35.5. The first kappa shape index (κ1) is 22.8. The average Bonchev–Trinajstić information content (AvgIpc) is 2.68. The SMILES string of the molecule is CCc1ccc(NC(=O)OC2(N)CCN(S(=O)(=O)c3c(Cl)cccc3Cl)CC2)cc1. The van der Waals surface area contributed by atoms with Crippen molar-refractivity contribution in [2.24, 2.45) is 5.73 Å². The molecule has 2 aromatic rings. The molecular formula is C20H23Cl2N3O4S. The Morgan fingerprint density at radius 3 is 2.23 bits per heavy atom. The number of anilines is 1. The summed E-state index contributed by atoms with van der Waals surface area (Å²) < 4.78 is 32.6. The van der Waals surface area contributed by atoms with E-state index < -0.39 is 21.8 Å². The lowest BCUT2D eigenvalue weighted by Crippen LogP contribution is -2.54. The van der Waals surface area contributed by atoms with Gasteiger partial charge in [-0.05, 0) is 36.2 Å². The van der Waals surface area contributed by atoms with Crippen molar-refractivity contribution in [2.75, 3.05) is 18.4 Å². The quantitative estimate of drug-likeness (QED) is 0.634. The minimum Gasteiger partial charge on any atom is -0.428 e. The second-order valence-corrected chi connectivity index (χ2v) is 9.77. The topological polar surface area (TPSA) is 102 Å². The van der Waals surface area contributed by atoms with Crippen molar-refractivity contribution in [2.45, 2.75) is 36.8 Å². The molecule has 3 rings (SSSR count). The number of ether oxygens (including phenoxy) is 1. The van der Waals surface area contributed by atoms with Crippen LogP contribution in [0.5, 0.6) is 0 Å². The van der Waals surface area contributed by atoms with Crippen LogP contribution >= 0.6 is 23.2 Å². The third-order valence-corrected chi connectivity index (χ3v) is 7.84. The maximum atomic E-state index is 13.0. The van der Waals surface area contributed by atoms with Crippen LogP contribution in [-0.2, 0) is 21.2 Å². The van der Waals surface area contributed by atoms with Crippen LogP contribution in [0.3, 0.4) is 0 Å². The van der Waals surface area contributed by atoms with Gasteiger partial charge in [-0.15, -0.1) is 0 Å². The highest BCUT2D eigenvalue weighted by molar-refractivity contribution is 7.89. The molecule has 1 fully saturated rings. The Hall–Kier alpha value is -1.84. The van der Waals surface area contributed by atoms with E-state index in [2.05, 4.69) is 5.32 Å². The van der Waals surface area contributed by atoms with Crippen LogP contribution in [0.15, 0.2) is 47.4 Å². The summed E-state index contributed by atoms with van der Waals surface area (Å²) >= 11 is 12.1. The van der Waals surface area contributed by atoms with Gasteiger partial charge in [0.1, 0.15) is 4.90 Å². The van der Waals surface area contributed by atoms with Gasteiger partial charge >= 0.3 is 6.09 Å². The van der Waals surface area contributed by atoms with Crippen molar-refractivity contribution in [3.05, 3.63) is 58.1 Å². The molecule has 1 aliphatic rings. The average molecular weight is 472 g/mol. The minimum atomic E-state index is -3.90. The highest BCUT2D eigenvalue weighted by Gasteiger charge is 2.39. The van der Waals surface area contributed by atoms with Crippen molar-refractivity contribution in [3.63, 3.8) is 0 Å². The smallest absolute Gasteiger partial charge is 0.413 e. The van der Waals surface area contributed by atoms with Crippen molar-refractivity contribution in [1.82, 2.24) is 4.31 Å². The van der Waals surface area contributed by atoms with Crippen LogP contribution in [-0.4, -0.2) is 37.6 Å². The molecule has 0 saturated carbocycles. The Morgan fingerprint density at radius 1 is 1.13 bits per heavy atom. The molecule has 162 valence electrons. The molecule has 1 saturated heterocycles. The molecule has 2 aromatic carbocycles. The number of hydrogen-bond donors (Lipinski definition) is 2. The molecule has 0 spiro atoms. The predicted octanol–water partition coefficient (Wildman–Crippen LogP) is 4.24. The van der Waals surface area contributed by atoms with E-state index in [0.29, 0.717) is 5.69 Å². The van der Waals surface area contributed by atoms with Gasteiger partial charge in [0.25, 0.3) is 0 Å². The molecule has 1 amide bonds. The van der Waals surface area contributed by atoms with E-state index in [-0.39, 0.29) is 40.9 Å². The van der Waals surface area contributed by atoms with Gasteiger partial charge in [-0.2, -0.15) is 4.31 Å². The zero-order valence-corrected chi connectivity index (χ0v) is 18.7. The van der Waals surface area contributed by atoms with E-state index in [4.69, 9.17) is 33.7 Å². The number of aryl methyl sites for hydroxylation is 1. The van der Waals surface area contributed by atoms with Crippen molar-refractivity contribution in [3.8, 4) is 0 Å². The first-order chi connectivity index (χ1) is 14.1. The van der Waals surface area contributed by atoms with Crippen molar-refractivity contribution >= 4 is 45.0 Å². The lowest BCUT2D eigenvalue weighted by Gasteiger charge is -2.37. The number of benzene rings is 2. The number of nitrogens with one attached hydrogen (secondary N) is 1. The molecular weight excluding hydrogens is 449 g/mol. The normalized spacial score (nSPS) is 16.8. The van der Waals surface area contributed by atoms with E-state index in [1.54, 1.807) is 18.2 Å².